The molecule has 2 fully saturated rings. The Hall–Kier alpha value is -0.0800. The smallest absolute Gasteiger partial charge is 0.0545 e. The Bertz CT molecular complexity index is 183. The Morgan fingerprint density at radius 2 is 1.92 bits per heavy atom. The number of nitrogens with one attached hydrogen (secondary N) is 1. The van der Waals surface area contributed by atoms with Crippen molar-refractivity contribution in [2.75, 3.05) is 19.8 Å². The van der Waals surface area contributed by atoms with Gasteiger partial charge in [0, 0.05) is 18.0 Å². The predicted molar refractivity (Wildman–Crippen MR) is 53.7 cm³/mol. The van der Waals surface area contributed by atoms with Crippen LogP contribution >= 0.6 is 0 Å². The van der Waals surface area contributed by atoms with Crippen LogP contribution in [0.3, 0.4) is 0 Å². The van der Waals surface area contributed by atoms with Gasteiger partial charge in [-0.3, -0.25) is 0 Å². The lowest BCUT2D eigenvalue weighted by Crippen LogP contribution is -2.59. The lowest BCUT2D eigenvalue weighted by Gasteiger charge is -2.53. The van der Waals surface area contributed by atoms with Gasteiger partial charge in [-0.25, -0.2) is 0 Å². The molecule has 0 aromatic heterocycles. The lowest BCUT2D eigenvalue weighted by molar-refractivity contribution is -0.167. The van der Waals surface area contributed by atoms with Gasteiger partial charge >= 0.3 is 0 Å². The fraction of sp³-hybridized carbons (Fsp3) is 1.00. The quantitative estimate of drug-likeness (QED) is 0.705. The van der Waals surface area contributed by atoms with E-state index in [9.17, 15) is 0 Å². The second-order valence-electron chi connectivity index (χ2n) is 6.04. The molecule has 0 atom stereocenters. The second-order valence-corrected chi connectivity index (χ2v) is 6.04. The molecule has 0 unspecified atom stereocenters. The van der Waals surface area contributed by atoms with E-state index in [1.807, 2.05) is 0 Å². The van der Waals surface area contributed by atoms with Gasteiger partial charge in [-0.15, -0.1) is 0 Å². The van der Waals surface area contributed by atoms with Crippen molar-refractivity contribution in [3.8, 4) is 0 Å². The van der Waals surface area contributed by atoms with E-state index in [2.05, 4.69) is 26.1 Å². The predicted octanol–water partition coefficient (Wildman–Crippen LogP) is 1.80. The first-order valence-corrected chi connectivity index (χ1v) is 5.30. The van der Waals surface area contributed by atoms with E-state index in [1.54, 1.807) is 0 Å². The maximum absolute atomic E-state index is 5.25. The van der Waals surface area contributed by atoms with Gasteiger partial charge in [0.1, 0.15) is 0 Å². The van der Waals surface area contributed by atoms with Crippen molar-refractivity contribution in [2.45, 2.75) is 39.7 Å². The fourth-order valence-corrected chi connectivity index (χ4v) is 2.21. The minimum Gasteiger partial charge on any atom is -0.380 e. The Labute approximate surface area is 81.0 Å². The van der Waals surface area contributed by atoms with E-state index >= 15 is 0 Å². The topological polar surface area (TPSA) is 21.3 Å². The van der Waals surface area contributed by atoms with Gasteiger partial charge in [0.25, 0.3) is 0 Å². The van der Waals surface area contributed by atoms with Gasteiger partial charge in [0.05, 0.1) is 13.2 Å². The molecule has 0 aromatic rings. The van der Waals surface area contributed by atoms with Gasteiger partial charge in [0.15, 0.2) is 0 Å². The highest BCUT2D eigenvalue weighted by Gasteiger charge is 2.49. The Morgan fingerprint density at radius 3 is 2.31 bits per heavy atom. The molecule has 0 aromatic carbocycles. The van der Waals surface area contributed by atoms with Crippen LogP contribution in [0.4, 0.5) is 0 Å². The summed E-state index contributed by atoms with van der Waals surface area (Å²) in [5.41, 5.74) is 1.02. The molecule has 1 aliphatic carbocycles. The largest absolute Gasteiger partial charge is 0.380 e. The Morgan fingerprint density at radius 1 is 1.31 bits per heavy atom. The van der Waals surface area contributed by atoms with Crippen LogP contribution in [0.5, 0.6) is 0 Å². The van der Waals surface area contributed by atoms with Gasteiger partial charge in [-0.2, -0.15) is 0 Å². The van der Waals surface area contributed by atoms with Crippen LogP contribution in [0.25, 0.3) is 0 Å². The molecule has 2 rings (SSSR count). The molecule has 76 valence electrons. The molecular weight excluding hydrogens is 162 g/mol. The zero-order valence-electron chi connectivity index (χ0n) is 9.02. The van der Waals surface area contributed by atoms with E-state index in [0.29, 0.717) is 10.8 Å². The normalized spacial score (nSPS) is 27.0. The van der Waals surface area contributed by atoms with E-state index in [4.69, 9.17) is 4.74 Å². The number of hydrogen-bond acceptors (Lipinski definition) is 2. The summed E-state index contributed by atoms with van der Waals surface area (Å²) >= 11 is 0. The van der Waals surface area contributed by atoms with Crippen LogP contribution in [0.2, 0.25) is 0 Å². The first-order valence-electron chi connectivity index (χ1n) is 5.30. The summed E-state index contributed by atoms with van der Waals surface area (Å²) in [6.45, 7) is 10.00. The van der Waals surface area contributed by atoms with Crippen molar-refractivity contribution >= 4 is 0 Å². The van der Waals surface area contributed by atoms with Gasteiger partial charge in [-0.1, -0.05) is 20.8 Å². The summed E-state index contributed by atoms with van der Waals surface area (Å²) in [4.78, 5) is 0. The monoisotopic (exact) mass is 183 g/mol. The first-order chi connectivity index (χ1) is 5.99. The number of hydrogen-bond donors (Lipinski definition) is 1. The van der Waals surface area contributed by atoms with Crippen LogP contribution < -0.4 is 5.32 Å². The summed E-state index contributed by atoms with van der Waals surface area (Å²) in [6.07, 6.45) is 2.67. The fourth-order valence-electron chi connectivity index (χ4n) is 2.21. The second kappa shape index (κ2) is 2.96. The highest BCUT2D eigenvalue weighted by atomic mass is 16.5. The standard InChI is InChI=1S/C11H21NO/c1-10(2,3)6-12-9-4-11(5-9)7-13-8-11/h9,12H,4-8H2,1-3H3. The van der Waals surface area contributed by atoms with Crippen molar-refractivity contribution in [1.82, 2.24) is 5.32 Å². The molecule has 13 heavy (non-hydrogen) atoms. The molecule has 2 nitrogen and oxygen atoms in total. The van der Waals surface area contributed by atoms with Gasteiger partial charge in [-0.05, 0) is 18.3 Å². The molecule has 1 spiro atoms. The van der Waals surface area contributed by atoms with Gasteiger partial charge in [0.2, 0.25) is 0 Å². The van der Waals surface area contributed by atoms with Crippen LogP contribution in [0.1, 0.15) is 33.6 Å². The minimum atomic E-state index is 0.416. The third-order valence-corrected chi connectivity index (χ3v) is 3.10. The third kappa shape index (κ3) is 2.05. The molecule has 1 saturated heterocycles. The van der Waals surface area contributed by atoms with Crippen LogP contribution in [-0.4, -0.2) is 25.8 Å². The van der Waals surface area contributed by atoms with Crippen LogP contribution in [-0.2, 0) is 4.74 Å². The molecule has 1 heterocycles. The van der Waals surface area contributed by atoms with Crippen molar-refractivity contribution in [3.05, 3.63) is 0 Å². The van der Waals surface area contributed by atoms with E-state index < -0.39 is 0 Å². The molecular formula is C11H21NO. The van der Waals surface area contributed by atoms with Gasteiger partial charge < -0.3 is 10.1 Å². The maximum atomic E-state index is 5.25. The first kappa shape index (κ1) is 9.47. The zero-order valence-corrected chi connectivity index (χ0v) is 9.02. The number of ether oxygens (including phenoxy) is 1. The summed E-state index contributed by atoms with van der Waals surface area (Å²) in [6, 6.07) is 0.767. The van der Waals surface area contributed by atoms with E-state index in [1.165, 1.54) is 12.8 Å². The molecule has 1 N–H and O–H groups in total. The number of rotatable bonds is 2. The van der Waals surface area contributed by atoms with Crippen molar-refractivity contribution in [3.63, 3.8) is 0 Å². The Kier molecular flexibility index (Phi) is 2.16. The molecule has 0 radical (unpaired) electrons. The average Bonchev–Trinajstić information content (AvgIpc) is 1.77. The molecule has 1 aliphatic heterocycles. The molecule has 1 saturated carbocycles. The maximum Gasteiger partial charge on any atom is 0.0545 e. The summed E-state index contributed by atoms with van der Waals surface area (Å²) < 4.78 is 5.25. The van der Waals surface area contributed by atoms with Crippen molar-refractivity contribution in [2.24, 2.45) is 10.8 Å². The van der Waals surface area contributed by atoms with Crippen molar-refractivity contribution < 1.29 is 4.74 Å². The van der Waals surface area contributed by atoms with E-state index in [-0.39, 0.29) is 0 Å². The highest BCUT2D eigenvalue weighted by molar-refractivity contribution is 5.01. The lowest BCUT2D eigenvalue weighted by atomic mass is 9.64. The van der Waals surface area contributed by atoms with Crippen molar-refractivity contribution in [1.29, 1.82) is 0 Å². The minimum absolute atomic E-state index is 0.416. The Balaban J connectivity index is 1.64. The molecule has 0 amide bonds. The molecule has 2 heteroatoms. The van der Waals surface area contributed by atoms with Crippen LogP contribution in [0, 0.1) is 10.8 Å². The summed E-state index contributed by atoms with van der Waals surface area (Å²) in [5, 5.41) is 3.63. The third-order valence-electron chi connectivity index (χ3n) is 3.10. The SMILES string of the molecule is CC(C)(C)CNC1CC2(COC2)C1. The highest BCUT2D eigenvalue weighted by Crippen LogP contribution is 2.46. The molecule has 2 aliphatic rings. The van der Waals surface area contributed by atoms with Crippen LogP contribution in [0.15, 0.2) is 0 Å². The summed E-state index contributed by atoms with van der Waals surface area (Å²) in [7, 11) is 0. The summed E-state index contributed by atoms with van der Waals surface area (Å²) in [5.74, 6) is 0. The average molecular weight is 183 g/mol. The molecule has 0 bridgehead atoms. The zero-order chi connectivity index (χ0) is 9.53. The van der Waals surface area contributed by atoms with E-state index in [0.717, 1.165) is 25.8 Å².